The molecule has 2 aliphatic carbocycles. The summed E-state index contributed by atoms with van der Waals surface area (Å²) in [6.07, 6.45) is 9.61. The van der Waals surface area contributed by atoms with Crippen LogP contribution >= 0.6 is 0 Å². The van der Waals surface area contributed by atoms with E-state index >= 15 is 0 Å². The van der Waals surface area contributed by atoms with E-state index in [4.69, 9.17) is 0 Å². The lowest BCUT2D eigenvalue weighted by atomic mass is 9.89. The van der Waals surface area contributed by atoms with E-state index in [2.05, 4.69) is 6.42 Å². The van der Waals surface area contributed by atoms with Crippen molar-refractivity contribution in [2.24, 2.45) is 5.92 Å². The van der Waals surface area contributed by atoms with Gasteiger partial charge < -0.3 is 0 Å². The molecule has 2 saturated carbocycles. The second kappa shape index (κ2) is 1.75. The van der Waals surface area contributed by atoms with Crippen LogP contribution in [-0.2, 0) is 0 Å². The SMILES string of the molecule is [CH]1C[C]2CCC(C1)C2. The summed E-state index contributed by atoms with van der Waals surface area (Å²) in [5, 5.41) is 0. The largest absolute Gasteiger partial charge is 0.0499 e. The lowest BCUT2D eigenvalue weighted by molar-refractivity contribution is 0.510. The molecule has 0 heteroatoms. The summed E-state index contributed by atoms with van der Waals surface area (Å²) >= 11 is 0. The molecule has 0 nitrogen and oxygen atoms in total. The van der Waals surface area contributed by atoms with E-state index in [0.29, 0.717) is 0 Å². The molecule has 0 aromatic carbocycles. The van der Waals surface area contributed by atoms with Crippen LogP contribution in [0.15, 0.2) is 0 Å². The average molecular weight is 108 g/mol. The lowest BCUT2D eigenvalue weighted by Gasteiger charge is -2.16. The van der Waals surface area contributed by atoms with Gasteiger partial charge in [-0.1, -0.05) is 0 Å². The highest BCUT2D eigenvalue weighted by molar-refractivity contribution is 5.06. The zero-order valence-electron chi connectivity index (χ0n) is 5.19. The number of rotatable bonds is 0. The normalized spacial score (nSPS) is 38.2. The van der Waals surface area contributed by atoms with Gasteiger partial charge in [-0.05, 0) is 50.4 Å². The first kappa shape index (κ1) is 4.84. The molecule has 0 saturated heterocycles. The van der Waals surface area contributed by atoms with Crippen LogP contribution < -0.4 is 0 Å². The second-order valence-electron chi connectivity index (χ2n) is 3.09. The Labute approximate surface area is 51.3 Å². The highest BCUT2D eigenvalue weighted by atomic mass is 14.3. The summed E-state index contributed by atoms with van der Waals surface area (Å²) in [5.74, 6) is 2.89. The predicted octanol–water partition coefficient (Wildman–Crippen LogP) is 2.36. The van der Waals surface area contributed by atoms with Crippen molar-refractivity contribution in [2.75, 3.05) is 0 Å². The van der Waals surface area contributed by atoms with Gasteiger partial charge in [0.15, 0.2) is 0 Å². The van der Waals surface area contributed by atoms with Crippen molar-refractivity contribution in [1.29, 1.82) is 0 Å². The molecule has 0 aliphatic heterocycles. The molecule has 0 amide bonds. The molecule has 2 bridgehead atoms. The third-order valence-corrected chi connectivity index (χ3v) is 2.42. The maximum absolute atomic E-state index is 2.45. The topological polar surface area (TPSA) is 0 Å². The highest BCUT2D eigenvalue weighted by Gasteiger charge is 2.28. The van der Waals surface area contributed by atoms with Gasteiger partial charge >= 0.3 is 0 Å². The molecule has 0 heterocycles. The Balaban J connectivity index is 2.03. The average Bonchev–Trinajstić information content (AvgIpc) is 2.12. The Morgan fingerprint density at radius 2 is 2.50 bits per heavy atom. The lowest BCUT2D eigenvalue weighted by Crippen LogP contribution is -2.02. The summed E-state index contributed by atoms with van der Waals surface area (Å²) < 4.78 is 0. The van der Waals surface area contributed by atoms with E-state index in [1.807, 2.05) is 5.92 Å². The second-order valence-corrected chi connectivity index (χ2v) is 3.09. The molecule has 2 radical (unpaired) electrons. The number of fused-ring (bicyclic) bond motifs is 2. The maximum atomic E-state index is 2.45. The third kappa shape index (κ3) is 0.667. The van der Waals surface area contributed by atoms with Crippen molar-refractivity contribution in [3.63, 3.8) is 0 Å². The van der Waals surface area contributed by atoms with Crippen LogP contribution in [0, 0.1) is 18.3 Å². The summed E-state index contributed by atoms with van der Waals surface area (Å²) in [4.78, 5) is 0. The zero-order chi connectivity index (χ0) is 5.40. The molecule has 0 aromatic rings. The number of hydrogen-bond donors (Lipinski definition) is 0. The smallest absolute Gasteiger partial charge is 0.0235 e. The predicted molar refractivity (Wildman–Crippen MR) is 34.1 cm³/mol. The minimum atomic E-state index is 1.07. The molecule has 2 aliphatic rings. The fourth-order valence-corrected chi connectivity index (χ4v) is 1.93. The summed E-state index contributed by atoms with van der Waals surface area (Å²) in [5.41, 5.74) is 0. The van der Waals surface area contributed by atoms with Gasteiger partial charge in [0.05, 0.1) is 0 Å². The van der Waals surface area contributed by atoms with Crippen LogP contribution in [0.4, 0.5) is 0 Å². The van der Waals surface area contributed by atoms with Gasteiger partial charge in [-0.3, -0.25) is 0 Å². The summed E-state index contributed by atoms with van der Waals surface area (Å²) in [6.45, 7) is 0. The minimum Gasteiger partial charge on any atom is -0.0499 e. The Morgan fingerprint density at radius 3 is 3.25 bits per heavy atom. The van der Waals surface area contributed by atoms with Crippen molar-refractivity contribution in [2.45, 2.75) is 32.1 Å². The quantitative estimate of drug-likeness (QED) is 0.447. The monoisotopic (exact) mass is 108 g/mol. The molecular weight excluding hydrogens is 96.1 g/mol. The van der Waals surface area contributed by atoms with Crippen LogP contribution in [0.5, 0.6) is 0 Å². The molecule has 0 aromatic heterocycles. The van der Waals surface area contributed by atoms with Crippen LogP contribution in [0.1, 0.15) is 32.1 Å². The summed E-state index contributed by atoms with van der Waals surface area (Å²) in [6, 6.07) is 0. The van der Waals surface area contributed by atoms with Crippen molar-refractivity contribution < 1.29 is 0 Å². The molecule has 2 fully saturated rings. The van der Waals surface area contributed by atoms with Gasteiger partial charge in [0.25, 0.3) is 0 Å². The Hall–Kier alpha value is 0. The molecule has 8 heavy (non-hydrogen) atoms. The van der Waals surface area contributed by atoms with Crippen LogP contribution in [0.2, 0.25) is 0 Å². The minimum absolute atomic E-state index is 1.07. The van der Waals surface area contributed by atoms with E-state index in [1.165, 1.54) is 32.1 Å². The van der Waals surface area contributed by atoms with Crippen molar-refractivity contribution in [1.82, 2.24) is 0 Å². The van der Waals surface area contributed by atoms with Gasteiger partial charge in [0.1, 0.15) is 0 Å². The molecule has 1 unspecified atom stereocenters. The fraction of sp³-hybridized carbons (Fsp3) is 0.750. The van der Waals surface area contributed by atoms with Crippen LogP contribution in [0.25, 0.3) is 0 Å². The molecule has 0 N–H and O–H groups in total. The molecule has 44 valence electrons. The van der Waals surface area contributed by atoms with Gasteiger partial charge in [-0.15, -0.1) is 0 Å². The highest BCUT2D eigenvalue weighted by Crippen LogP contribution is 2.42. The van der Waals surface area contributed by atoms with Crippen molar-refractivity contribution in [3.05, 3.63) is 12.3 Å². The Kier molecular flexibility index (Phi) is 1.06. The van der Waals surface area contributed by atoms with E-state index in [-0.39, 0.29) is 0 Å². The Bertz CT molecular complexity index is 72.0. The van der Waals surface area contributed by atoms with Gasteiger partial charge in [0.2, 0.25) is 0 Å². The molecule has 0 spiro atoms. The molecule has 1 atom stereocenters. The first-order valence-corrected chi connectivity index (χ1v) is 3.60. The third-order valence-electron chi connectivity index (χ3n) is 2.42. The standard InChI is InChI=1S/C8H12/c1-2-7-4-5-8(3-1)6-7/h1,7H,2-6H2. The van der Waals surface area contributed by atoms with E-state index in [9.17, 15) is 0 Å². The maximum Gasteiger partial charge on any atom is -0.0235 e. The van der Waals surface area contributed by atoms with Crippen LogP contribution in [-0.4, -0.2) is 0 Å². The summed E-state index contributed by atoms with van der Waals surface area (Å²) in [7, 11) is 0. The van der Waals surface area contributed by atoms with Gasteiger partial charge in [-0.25, -0.2) is 0 Å². The zero-order valence-corrected chi connectivity index (χ0v) is 5.19. The van der Waals surface area contributed by atoms with E-state index < -0.39 is 0 Å². The fourth-order valence-electron chi connectivity index (χ4n) is 1.93. The van der Waals surface area contributed by atoms with Gasteiger partial charge in [0, 0.05) is 0 Å². The molecular formula is C8H12. The van der Waals surface area contributed by atoms with E-state index in [1.54, 1.807) is 0 Å². The number of hydrogen-bond acceptors (Lipinski definition) is 0. The van der Waals surface area contributed by atoms with Crippen molar-refractivity contribution >= 4 is 0 Å². The van der Waals surface area contributed by atoms with Crippen molar-refractivity contribution in [3.8, 4) is 0 Å². The molecule has 2 rings (SSSR count). The van der Waals surface area contributed by atoms with Gasteiger partial charge in [-0.2, -0.15) is 0 Å². The van der Waals surface area contributed by atoms with Crippen LogP contribution in [0.3, 0.4) is 0 Å². The Morgan fingerprint density at radius 1 is 1.50 bits per heavy atom. The first-order valence-electron chi connectivity index (χ1n) is 3.60. The van der Waals surface area contributed by atoms with E-state index in [0.717, 1.165) is 5.92 Å². The first-order chi connectivity index (χ1) is 3.95.